The average Bonchev–Trinajstić information content (AvgIpc) is 3.03. The number of phenols is 2. The van der Waals surface area contributed by atoms with E-state index in [1.54, 1.807) is 12.1 Å². The minimum Gasteiger partial charge on any atom is -0.508 e. The van der Waals surface area contributed by atoms with Crippen LogP contribution in [0.3, 0.4) is 0 Å². The molecule has 232 valence electrons. The maximum atomic E-state index is 12.0. The Labute approximate surface area is 266 Å². The fraction of sp³-hybridized carbons (Fsp3) is 0.263. The Bertz CT molecular complexity index is 2120. The Kier molecular flexibility index (Phi) is 5.55. The molecular formula is C38H36N4O4. The molecule has 0 atom stereocenters. The summed E-state index contributed by atoms with van der Waals surface area (Å²) < 4.78 is 0. The normalized spacial score (nSPS) is 22.4. The smallest absolute Gasteiger partial charge is 0.121 e. The average molecular weight is 613 g/mol. The van der Waals surface area contributed by atoms with E-state index in [0.717, 1.165) is 65.8 Å². The zero-order chi connectivity index (χ0) is 31.8. The van der Waals surface area contributed by atoms with Gasteiger partial charge in [-0.25, -0.2) is 0 Å². The van der Waals surface area contributed by atoms with Crippen molar-refractivity contribution in [2.75, 3.05) is 61.1 Å². The van der Waals surface area contributed by atoms with Crippen molar-refractivity contribution >= 4 is 65.8 Å². The predicted molar refractivity (Wildman–Crippen MR) is 187 cm³/mol. The van der Waals surface area contributed by atoms with Crippen LogP contribution in [0.4, 0.5) is 22.7 Å². The maximum Gasteiger partial charge on any atom is 0.121 e. The molecule has 6 aromatic rings. The first-order valence-corrected chi connectivity index (χ1v) is 15.8. The van der Waals surface area contributed by atoms with Crippen molar-refractivity contribution in [2.45, 2.75) is 24.0 Å². The van der Waals surface area contributed by atoms with E-state index in [0.29, 0.717) is 24.5 Å². The van der Waals surface area contributed by atoms with Crippen LogP contribution in [-0.4, -0.2) is 74.2 Å². The highest BCUT2D eigenvalue weighted by molar-refractivity contribution is 6.20. The van der Waals surface area contributed by atoms with Crippen LogP contribution in [0.2, 0.25) is 0 Å². The number of hydrogen-bond acceptors (Lipinski definition) is 8. The second kappa shape index (κ2) is 9.31. The highest BCUT2D eigenvalue weighted by Crippen LogP contribution is 2.59. The van der Waals surface area contributed by atoms with Crippen LogP contribution in [0.5, 0.6) is 11.5 Å². The monoisotopic (exact) mass is 612 g/mol. The molecule has 0 amide bonds. The zero-order valence-electron chi connectivity index (χ0n) is 26.2. The molecule has 1 aliphatic carbocycles. The lowest BCUT2D eigenvalue weighted by Gasteiger charge is -2.48. The largest absolute Gasteiger partial charge is 0.508 e. The molecule has 0 saturated heterocycles. The van der Waals surface area contributed by atoms with Gasteiger partial charge in [0.1, 0.15) is 11.5 Å². The topological polar surface area (TPSA) is 93.9 Å². The summed E-state index contributed by atoms with van der Waals surface area (Å²) in [6, 6.07) is 24.1. The lowest BCUT2D eigenvalue weighted by atomic mass is 9.61. The molecule has 2 aliphatic heterocycles. The van der Waals surface area contributed by atoms with Gasteiger partial charge in [-0.1, -0.05) is 48.5 Å². The first-order valence-electron chi connectivity index (χ1n) is 15.8. The van der Waals surface area contributed by atoms with Crippen LogP contribution in [0.25, 0.3) is 43.1 Å². The first-order chi connectivity index (χ1) is 22.2. The van der Waals surface area contributed by atoms with Crippen LogP contribution in [0.15, 0.2) is 72.8 Å². The minimum atomic E-state index is -1.04. The van der Waals surface area contributed by atoms with Gasteiger partial charge in [0.2, 0.25) is 0 Å². The number of phenolic OH excluding ortho intramolecular Hbond substituents is 2. The van der Waals surface area contributed by atoms with E-state index >= 15 is 0 Å². The Hall–Kier alpha value is -4.92. The van der Waals surface area contributed by atoms with Gasteiger partial charge in [-0.3, -0.25) is 0 Å². The molecule has 6 aromatic carbocycles. The van der Waals surface area contributed by atoms with Gasteiger partial charge >= 0.3 is 0 Å². The van der Waals surface area contributed by atoms with Gasteiger partial charge in [0.25, 0.3) is 0 Å². The summed E-state index contributed by atoms with van der Waals surface area (Å²) >= 11 is 0. The number of aromatic hydroxyl groups is 2. The number of nitrogens with zero attached hydrogens (tertiary/aromatic N) is 4. The molecule has 0 spiro atoms. The molecule has 0 unspecified atom stereocenters. The fourth-order valence-electron chi connectivity index (χ4n) is 8.85. The van der Waals surface area contributed by atoms with Gasteiger partial charge in [-0.05, 0) is 33.7 Å². The fourth-order valence-corrected chi connectivity index (χ4v) is 8.85. The van der Waals surface area contributed by atoms with Crippen molar-refractivity contribution in [3.8, 4) is 11.5 Å². The molecule has 8 nitrogen and oxygen atoms in total. The van der Waals surface area contributed by atoms with Crippen molar-refractivity contribution in [1.29, 1.82) is 0 Å². The summed E-state index contributed by atoms with van der Waals surface area (Å²) in [6.45, 7) is 1.32. The molecule has 0 bridgehead atoms. The van der Waals surface area contributed by atoms with Crippen LogP contribution in [-0.2, 0) is 0 Å². The second-order valence-electron chi connectivity index (χ2n) is 13.5. The van der Waals surface area contributed by atoms with E-state index in [9.17, 15) is 20.4 Å². The van der Waals surface area contributed by atoms with Crippen molar-refractivity contribution in [1.82, 2.24) is 0 Å². The van der Waals surface area contributed by atoms with Crippen LogP contribution in [0.1, 0.15) is 23.0 Å². The molecule has 0 radical (unpaired) electrons. The standard InChI is InChI=1S/C38H36N4O4/c1-39-17-41(3)35-21-11-7-5-9-19(21)13-23-29(35)25(39)15-27(43)31(23)33-37(45)34(38(33)46)32-24-14-20-10-6-8-12-22(20)36-30(24)26(16-28(32)44)40(2)18-42(36)4/h5-16,33-34,37-38,43-46H,17-18H2,1-4H3. The Morgan fingerprint density at radius 2 is 0.913 bits per heavy atom. The van der Waals surface area contributed by atoms with E-state index in [4.69, 9.17) is 0 Å². The number of rotatable bonds is 2. The Morgan fingerprint density at radius 1 is 0.522 bits per heavy atom. The van der Waals surface area contributed by atoms with E-state index in [1.165, 1.54) is 0 Å². The summed E-state index contributed by atoms with van der Waals surface area (Å²) in [5.41, 5.74) is 5.05. The molecule has 3 aliphatic rings. The Balaban J connectivity index is 1.26. The number of hydrogen-bond donors (Lipinski definition) is 4. The predicted octanol–water partition coefficient (Wildman–Crippen LogP) is 6.00. The lowest BCUT2D eigenvalue weighted by Crippen LogP contribution is -2.52. The van der Waals surface area contributed by atoms with Gasteiger partial charge in [-0.2, -0.15) is 0 Å². The summed E-state index contributed by atoms with van der Waals surface area (Å²) in [5.74, 6) is -1.40. The van der Waals surface area contributed by atoms with E-state index < -0.39 is 24.0 Å². The van der Waals surface area contributed by atoms with Crippen molar-refractivity contribution in [3.05, 3.63) is 83.9 Å². The summed E-state index contributed by atoms with van der Waals surface area (Å²) in [4.78, 5) is 8.63. The van der Waals surface area contributed by atoms with Crippen molar-refractivity contribution in [2.24, 2.45) is 0 Å². The van der Waals surface area contributed by atoms with Gasteiger partial charge in [-0.15, -0.1) is 0 Å². The number of fused-ring (bicyclic) bond motifs is 4. The van der Waals surface area contributed by atoms with E-state index in [1.807, 2.05) is 38.4 Å². The van der Waals surface area contributed by atoms with E-state index in [2.05, 4.69) is 70.1 Å². The third-order valence-corrected chi connectivity index (χ3v) is 10.8. The first kappa shape index (κ1) is 27.4. The molecule has 0 aromatic heterocycles. The number of benzene rings is 6. The van der Waals surface area contributed by atoms with Crippen molar-refractivity contribution in [3.63, 3.8) is 0 Å². The highest BCUT2D eigenvalue weighted by Gasteiger charge is 2.53. The van der Waals surface area contributed by atoms with Gasteiger partial charge in [0.15, 0.2) is 0 Å². The van der Waals surface area contributed by atoms with Crippen LogP contribution < -0.4 is 19.6 Å². The van der Waals surface area contributed by atoms with Crippen LogP contribution >= 0.6 is 0 Å². The number of aliphatic hydroxyl groups excluding tert-OH is 2. The molecular weight excluding hydrogens is 576 g/mol. The molecule has 4 N–H and O–H groups in total. The SMILES string of the molecule is CN1CN(C)c2c3ccccc3cc3c(C4C(O)C(c5c(O)cc6c7c(c8ccccc8cc57)N(C)CN6C)C4O)c(O)cc1c23. The van der Waals surface area contributed by atoms with Gasteiger partial charge in [0.05, 0.1) is 48.3 Å². The summed E-state index contributed by atoms with van der Waals surface area (Å²) in [6.07, 6.45) is -2.09. The summed E-state index contributed by atoms with van der Waals surface area (Å²) in [7, 11) is 8.14. The molecule has 46 heavy (non-hydrogen) atoms. The molecule has 9 rings (SSSR count). The second-order valence-corrected chi connectivity index (χ2v) is 13.5. The third-order valence-electron chi connectivity index (χ3n) is 10.8. The van der Waals surface area contributed by atoms with Gasteiger partial charge < -0.3 is 40.0 Å². The quantitative estimate of drug-likeness (QED) is 0.177. The highest BCUT2D eigenvalue weighted by atomic mass is 16.3. The molecule has 8 heteroatoms. The summed E-state index contributed by atoms with van der Waals surface area (Å²) in [5, 5.41) is 55.2. The van der Waals surface area contributed by atoms with Gasteiger partial charge in [0, 0.05) is 84.8 Å². The lowest BCUT2D eigenvalue weighted by molar-refractivity contribution is -0.0787. The zero-order valence-corrected chi connectivity index (χ0v) is 26.2. The number of anilines is 4. The van der Waals surface area contributed by atoms with Crippen LogP contribution in [0, 0.1) is 0 Å². The molecule has 1 saturated carbocycles. The minimum absolute atomic E-state index is 0.0528. The molecule has 2 heterocycles. The molecule has 1 fully saturated rings. The van der Waals surface area contributed by atoms with E-state index in [-0.39, 0.29) is 11.5 Å². The van der Waals surface area contributed by atoms with Crippen molar-refractivity contribution < 1.29 is 20.4 Å². The maximum absolute atomic E-state index is 12.0. The Morgan fingerprint density at radius 3 is 1.33 bits per heavy atom. The number of aliphatic hydroxyl groups is 2. The third kappa shape index (κ3) is 3.40.